The maximum atomic E-state index is 6.23. The Balaban J connectivity index is 2.38. The third-order valence-corrected chi connectivity index (χ3v) is 4.43. The third-order valence-electron chi connectivity index (χ3n) is 3.59. The summed E-state index contributed by atoms with van der Waals surface area (Å²) in [4.78, 5) is 0. The summed E-state index contributed by atoms with van der Waals surface area (Å²) in [6.07, 6.45) is 3.09. The minimum absolute atomic E-state index is 0.132. The smallest absolute Gasteiger partial charge is 0.0886 e. The molecule has 3 nitrogen and oxygen atoms in total. The lowest BCUT2D eigenvalue weighted by molar-refractivity contribution is -0.0998. The Bertz CT molecular complexity index is 402. The van der Waals surface area contributed by atoms with Gasteiger partial charge in [-0.3, -0.25) is 11.3 Å². The molecular formula is C12H16Cl2N2O. The van der Waals surface area contributed by atoms with E-state index in [4.69, 9.17) is 33.8 Å². The maximum absolute atomic E-state index is 6.23. The highest BCUT2D eigenvalue weighted by Gasteiger charge is 2.45. The van der Waals surface area contributed by atoms with Crippen LogP contribution < -0.4 is 11.3 Å². The molecule has 1 unspecified atom stereocenters. The van der Waals surface area contributed by atoms with Gasteiger partial charge in [0.25, 0.3) is 0 Å². The first-order chi connectivity index (χ1) is 8.14. The second-order valence-corrected chi connectivity index (χ2v) is 5.15. The third kappa shape index (κ3) is 2.18. The quantitative estimate of drug-likeness (QED) is 0.655. The predicted molar refractivity (Wildman–Crippen MR) is 70.1 cm³/mol. The van der Waals surface area contributed by atoms with E-state index in [1.54, 1.807) is 13.2 Å². The number of hydrazine groups is 1. The van der Waals surface area contributed by atoms with E-state index in [0.29, 0.717) is 10.0 Å². The Morgan fingerprint density at radius 3 is 2.59 bits per heavy atom. The van der Waals surface area contributed by atoms with Crippen LogP contribution in [-0.2, 0) is 4.74 Å². The van der Waals surface area contributed by atoms with Gasteiger partial charge in [0.05, 0.1) is 21.7 Å². The predicted octanol–water partition coefficient (Wildman–Crippen LogP) is 3.07. The van der Waals surface area contributed by atoms with Crippen molar-refractivity contribution in [1.29, 1.82) is 0 Å². The lowest BCUT2D eigenvalue weighted by Crippen LogP contribution is -2.52. The molecule has 1 aromatic carbocycles. The molecule has 0 aromatic heterocycles. The number of hydrogen-bond acceptors (Lipinski definition) is 3. The minimum atomic E-state index is -0.261. The first kappa shape index (κ1) is 13.1. The molecule has 1 aliphatic carbocycles. The molecule has 5 heteroatoms. The number of halogens is 2. The van der Waals surface area contributed by atoms with Gasteiger partial charge in [0.2, 0.25) is 0 Å². The first-order valence-corrected chi connectivity index (χ1v) is 6.35. The van der Waals surface area contributed by atoms with Gasteiger partial charge in [-0.05, 0) is 30.9 Å². The van der Waals surface area contributed by atoms with Crippen molar-refractivity contribution in [3.8, 4) is 0 Å². The molecular weight excluding hydrogens is 259 g/mol. The average Bonchev–Trinajstić information content (AvgIpc) is 2.28. The molecule has 0 radical (unpaired) electrons. The summed E-state index contributed by atoms with van der Waals surface area (Å²) >= 11 is 12.3. The van der Waals surface area contributed by atoms with Crippen molar-refractivity contribution in [2.24, 2.45) is 5.84 Å². The zero-order valence-corrected chi connectivity index (χ0v) is 11.2. The normalized spacial score (nSPS) is 19.8. The molecule has 0 bridgehead atoms. The SMILES string of the molecule is COC1(C(NN)c2cccc(Cl)c2Cl)CCC1. The van der Waals surface area contributed by atoms with Crippen LogP contribution in [0.2, 0.25) is 10.0 Å². The first-order valence-electron chi connectivity index (χ1n) is 5.60. The Morgan fingerprint density at radius 1 is 1.41 bits per heavy atom. The van der Waals surface area contributed by atoms with Crippen molar-refractivity contribution >= 4 is 23.2 Å². The van der Waals surface area contributed by atoms with Crippen LogP contribution in [0.5, 0.6) is 0 Å². The average molecular weight is 275 g/mol. The van der Waals surface area contributed by atoms with Crippen molar-refractivity contribution in [2.75, 3.05) is 7.11 Å². The van der Waals surface area contributed by atoms with Gasteiger partial charge in [0.1, 0.15) is 0 Å². The molecule has 1 atom stereocenters. The highest BCUT2D eigenvalue weighted by molar-refractivity contribution is 6.42. The molecule has 1 aliphatic rings. The summed E-state index contributed by atoms with van der Waals surface area (Å²) in [7, 11) is 1.71. The van der Waals surface area contributed by atoms with Gasteiger partial charge in [-0.2, -0.15) is 0 Å². The van der Waals surface area contributed by atoms with Gasteiger partial charge in [-0.1, -0.05) is 35.3 Å². The minimum Gasteiger partial charge on any atom is -0.376 e. The number of methoxy groups -OCH3 is 1. The summed E-state index contributed by atoms with van der Waals surface area (Å²) in [6, 6.07) is 5.43. The topological polar surface area (TPSA) is 47.3 Å². The zero-order valence-electron chi connectivity index (χ0n) is 9.67. The Morgan fingerprint density at radius 2 is 2.12 bits per heavy atom. The molecule has 1 saturated carbocycles. The van der Waals surface area contributed by atoms with E-state index in [1.807, 2.05) is 12.1 Å². The van der Waals surface area contributed by atoms with Crippen LogP contribution >= 0.6 is 23.2 Å². The molecule has 94 valence electrons. The molecule has 0 amide bonds. The van der Waals surface area contributed by atoms with E-state index in [2.05, 4.69) is 5.43 Å². The zero-order chi connectivity index (χ0) is 12.5. The second-order valence-electron chi connectivity index (χ2n) is 4.37. The van der Waals surface area contributed by atoms with Crippen LogP contribution in [0.25, 0.3) is 0 Å². The molecule has 0 spiro atoms. The van der Waals surface area contributed by atoms with Crippen LogP contribution in [0.15, 0.2) is 18.2 Å². The molecule has 17 heavy (non-hydrogen) atoms. The van der Waals surface area contributed by atoms with Gasteiger partial charge in [0.15, 0.2) is 0 Å². The number of hydrogen-bond donors (Lipinski definition) is 2. The molecule has 2 rings (SSSR count). The molecule has 1 fully saturated rings. The Labute approximate surface area is 111 Å². The summed E-state index contributed by atoms with van der Waals surface area (Å²) < 4.78 is 5.63. The number of rotatable bonds is 4. The number of nitrogens with two attached hydrogens (primary N) is 1. The Kier molecular flexibility index (Phi) is 3.95. The van der Waals surface area contributed by atoms with Crippen molar-refractivity contribution in [3.63, 3.8) is 0 Å². The van der Waals surface area contributed by atoms with Crippen LogP contribution in [0.3, 0.4) is 0 Å². The van der Waals surface area contributed by atoms with Crippen LogP contribution in [0.1, 0.15) is 30.9 Å². The van der Waals surface area contributed by atoms with Crippen LogP contribution in [0, 0.1) is 0 Å². The van der Waals surface area contributed by atoms with Gasteiger partial charge < -0.3 is 4.74 Å². The molecule has 3 N–H and O–H groups in total. The van der Waals surface area contributed by atoms with E-state index in [1.165, 1.54) is 0 Å². The van der Waals surface area contributed by atoms with Gasteiger partial charge >= 0.3 is 0 Å². The maximum Gasteiger partial charge on any atom is 0.0886 e. The molecule has 0 aliphatic heterocycles. The second kappa shape index (κ2) is 5.12. The van der Waals surface area contributed by atoms with Gasteiger partial charge in [-0.25, -0.2) is 0 Å². The molecule has 0 heterocycles. The number of ether oxygens (including phenoxy) is 1. The fourth-order valence-electron chi connectivity index (χ4n) is 2.40. The lowest BCUT2D eigenvalue weighted by atomic mass is 9.72. The summed E-state index contributed by atoms with van der Waals surface area (Å²) in [5, 5.41) is 1.08. The summed E-state index contributed by atoms with van der Waals surface area (Å²) in [6.45, 7) is 0. The lowest BCUT2D eigenvalue weighted by Gasteiger charge is -2.46. The van der Waals surface area contributed by atoms with E-state index in [0.717, 1.165) is 24.8 Å². The number of nitrogens with one attached hydrogen (secondary N) is 1. The van der Waals surface area contributed by atoms with Crippen molar-refractivity contribution in [1.82, 2.24) is 5.43 Å². The Hall–Kier alpha value is -0.320. The van der Waals surface area contributed by atoms with Crippen molar-refractivity contribution in [3.05, 3.63) is 33.8 Å². The molecule has 1 aromatic rings. The fraction of sp³-hybridized carbons (Fsp3) is 0.500. The standard InChI is InChI=1S/C12H16Cl2N2O/c1-17-12(6-3-7-12)11(16-15)8-4-2-5-9(13)10(8)14/h2,4-5,11,16H,3,6-7,15H2,1H3. The molecule has 0 saturated heterocycles. The largest absolute Gasteiger partial charge is 0.376 e. The highest BCUT2D eigenvalue weighted by atomic mass is 35.5. The van der Waals surface area contributed by atoms with E-state index >= 15 is 0 Å². The fourth-order valence-corrected chi connectivity index (χ4v) is 2.82. The summed E-state index contributed by atoms with van der Waals surface area (Å²) in [5.74, 6) is 5.66. The summed E-state index contributed by atoms with van der Waals surface area (Å²) in [5.41, 5.74) is 3.44. The van der Waals surface area contributed by atoms with Crippen LogP contribution in [0.4, 0.5) is 0 Å². The van der Waals surface area contributed by atoms with Crippen molar-refractivity contribution < 1.29 is 4.74 Å². The van der Waals surface area contributed by atoms with Gasteiger partial charge in [0, 0.05) is 7.11 Å². The number of benzene rings is 1. The van der Waals surface area contributed by atoms with Crippen LogP contribution in [-0.4, -0.2) is 12.7 Å². The highest BCUT2D eigenvalue weighted by Crippen LogP contribution is 2.46. The van der Waals surface area contributed by atoms with E-state index < -0.39 is 0 Å². The van der Waals surface area contributed by atoms with Crippen molar-refractivity contribution in [2.45, 2.75) is 30.9 Å². The van der Waals surface area contributed by atoms with E-state index in [-0.39, 0.29) is 11.6 Å². The van der Waals surface area contributed by atoms with E-state index in [9.17, 15) is 0 Å². The van der Waals surface area contributed by atoms with Gasteiger partial charge in [-0.15, -0.1) is 0 Å². The monoisotopic (exact) mass is 274 g/mol.